The van der Waals surface area contributed by atoms with E-state index in [0.29, 0.717) is 16.7 Å². The molecule has 0 saturated heterocycles. The van der Waals surface area contributed by atoms with Crippen molar-refractivity contribution >= 4 is 60.0 Å². The van der Waals surface area contributed by atoms with Crippen LogP contribution in [0.25, 0.3) is 21.3 Å². The van der Waals surface area contributed by atoms with E-state index >= 15 is 0 Å². The third-order valence-corrected chi connectivity index (χ3v) is 6.79. The first kappa shape index (κ1) is 19.3. The van der Waals surface area contributed by atoms with Gasteiger partial charge in [-0.3, -0.25) is 9.71 Å². The normalized spacial score (nSPS) is 11.6. The molecule has 0 amide bonds. The highest BCUT2D eigenvalue weighted by Gasteiger charge is 2.17. The smallest absolute Gasteiger partial charge is 0.263 e. The molecule has 10 heteroatoms. The van der Waals surface area contributed by atoms with Crippen LogP contribution >= 0.6 is 11.5 Å². The lowest BCUT2D eigenvalue weighted by Gasteiger charge is -2.13. The summed E-state index contributed by atoms with van der Waals surface area (Å²) in [5, 5.41) is 7.35. The first-order valence-electron chi connectivity index (χ1n) is 9.32. The summed E-state index contributed by atoms with van der Waals surface area (Å²) in [5.41, 5.74) is 4.47. The topological polar surface area (TPSA) is 110 Å². The van der Waals surface area contributed by atoms with Gasteiger partial charge >= 0.3 is 0 Å². The number of sulfonamides is 1. The maximum atomic E-state index is 13.0. The van der Waals surface area contributed by atoms with Gasteiger partial charge in [-0.25, -0.2) is 13.4 Å². The van der Waals surface area contributed by atoms with Crippen LogP contribution in [0, 0.1) is 6.92 Å². The van der Waals surface area contributed by atoms with Crippen molar-refractivity contribution < 1.29 is 8.42 Å². The maximum Gasteiger partial charge on any atom is 0.263 e. The lowest BCUT2D eigenvalue weighted by atomic mass is 10.2. The number of benzene rings is 3. The molecular formula is C21H16N6O2S2. The Morgan fingerprint density at radius 3 is 2.65 bits per heavy atom. The molecule has 0 unspecified atom stereocenters. The van der Waals surface area contributed by atoms with Crippen LogP contribution in [0.3, 0.4) is 0 Å². The first-order valence-corrected chi connectivity index (χ1v) is 11.6. The molecule has 0 fully saturated rings. The highest BCUT2D eigenvalue weighted by molar-refractivity contribution is 7.92. The van der Waals surface area contributed by atoms with Gasteiger partial charge in [-0.05, 0) is 66.5 Å². The fraction of sp³-hybridized carbons (Fsp3) is 0.0476. The number of aryl methyl sites for hydroxylation is 1. The third kappa shape index (κ3) is 3.90. The van der Waals surface area contributed by atoms with E-state index in [1.165, 1.54) is 17.7 Å². The first-order chi connectivity index (χ1) is 15.0. The third-order valence-electron chi connectivity index (χ3n) is 4.73. The van der Waals surface area contributed by atoms with E-state index < -0.39 is 10.0 Å². The summed E-state index contributed by atoms with van der Waals surface area (Å²) in [6.07, 6.45) is 1.41. The molecule has 5 rings (SSSR count). The van der Waals surface area contributed by atoms with E-state index in [1.807, 2.05) is 43.3 Å². The van der Waals surface area contributed by atoms with Crippen molar-refractivity contribution in [2.75, 3.05) is 10.0 Å². The Morgan fingerprint density at radius 1 is 0.935 bits per heavy atom. The van der Waals surface area contributed by atoms with Gasteiger partial charge in [0.05, 0.1) is 26.8 Å². The van der Waals surface area contributed by atoms with E-state index in [9.17, 15) is 8.42 Å². The summed E-state index contributed by atoms with van der Waals surface area (Å²) in [6, 6.07) is 17.9. The molecule has 0 spiro atoms. The molecule has 154 valence electrons. The molecule has 0 saturated carbocycles. The van der Waals surface area contributed by atoms with Crippen molar-refractivity contribution in [2.24, 2.45) is 0 Å². The van der Waals surface area contributed by atoms with Gasteiger partial charge in [0.15, 0.2) is 5.82 Å². The Balaban J connectivity index is 1.44. The van der Waals surface area contributed by atoms with Crippen molar-refractivity contribution in [2.45, 2.75) is 11.8 Å². The molecule has 0 aliphatic rings. The van der Waals surface area contributed by atoms with E-state index in [2.05, 4.69) is 29.6 Å². The number of anilines is 3. The summed E-state index contributed by atoms with van der Waals surface area (Å²) in [7, 11) is -3.85. The van der Waals surface area contributed by atoms with Crippen LogP contribution < -0.4 is 10.0 Å². The van der Waals surface area contributed by atoms with Crippen molar-refractivity contribution in [3.05, 3.63) is 72.4 Å². The number of rotatable bonds is 5. The van der Waals surface area contributed by atoms with Crippen molar-refractivity contribution in [3.8, 4) is 0 Å². The standard InChI is InChI=1S/C21H16N6O2S2/c1-13-6-8-15(11-18(13)23-14-7-9-20-19(10-14)25-27-30-20)31(28,29)26-21-12-22-16-4-2-3-5-17(16)24-21/h2-12,23H,1H3,(H,24,26). The van der Waals surface area contributed by atoms with Crippen LogP contribution in [0.15, 0.2) is 71.8 Å². The summed E-state index contributed by atoms with van der Waals surface area (Å²) < 4.78 is 33.4. The summed E-state index contributed by atoms with van der Waals surface area (Å²) >= 11 is 1.33. The largest absolute Gasteiger partial charge is 0.355 e. The highest BCUT2D eigenvalue weighted by Crippen LogP contribution is 2.27. The van der Waals surface area contributed by atoms with Crippen molar-refractivity contribution in [1.29, 1.82) is 0 Å². The van der Waals surface area contributed by atoms with Crippen molar-refractivity contribution in [3.63, 3.8) is 0 Å². The van der Waals surface area contributed by atoms with Gasteiger partial charge in [-0.1, -0.05) is 22.7 Å². The van der Waals surface area contributed by atoms with Crippen LogP contribution in [0.5, 0.6) is 0 Å². The molecule has 0 atom stereocenters. The summed E-state index contributed by atoms with van der Waals surface area (Å²) in [6.45, 7) is 1.91. The zero-order valence-corrected chi connectivity index (χ0v) is 17.9. The van der Waals surface area contributed by atoms with Crippen LogP contribution in [0.2, 0.25) is 0 Å². The van der Waals surface area contributed by atoms with E-state index in [0.717, 1.165) is 21.5 Å². The zero-order valence-electron chi connectivity index (χ0n) is 16.3. The fourth-order valence-electron chi connectivity index (χ4n) is 3.12. The Labute approximate surface area is 182 Å². The maximum absolute atomic E-state index is 13.0. The Morgan fingerprint density at radius 2 is 1.77 bits per heavy atom. The molecule has 5 aromatic rings. The summed E-state index contributed by atoms with van der Waals surface area (Å²) in [5.74, 6) is 0.162. The van der Waals surface area contributed by atoms with Crippen LogP contribution in [0.1, 0.15) is 5.56 Å². The zero-order chi connectivity index (χ0) is 21.4. The average molecular weight is 449 g/mol. The van der Waals surface area contributed by atoms with E-state index in [4.69, 9.17) is 0 Å². The second-order valence-electron chi connectivity index (χ2n) is 6.91. The molecule has 0 aliphatic carbocycles. The molecule has 0 bridgehead atoms. The number of nitrogens with one attached hydrogen (secondary N) is 2. The monoisotopic (exact) mass is 448 g/mol. The quantitative estimate of drug-likeness (QED) is 0.408. The highest BCUT2D eigenvalue weighted by atomic mass is 32.2. The van der Waals surface area contributed by atoms with Gasteiger partial charge in [0.25, 0.3) is 10.0 Å². The molecular weight excluding hydrogens is 432 g/mol. The SMILES string of the molecule is Cc1ccc(S(=O)(=O)Nc2cnc3ccccc3n2)cc1Nc1ccc2snnc2c1. The number of hydrogen-bond acceptors (Lipinski definition) is 8. The second-order valence-corrected chi connectivity index (χ2v) is 9.37. The molecule has 8 nitrogen and oxygen atoms in total. The molecule has 2 aromatic heterocycles. The molecule has 0 radical (unpaired) electrons. The van der Waals surface area contributed by atoms with Gasteiger partial charge < -0.3 is 5.32 Å². The molecule has 2 N–H and O–H groups in total. The van der Waals surface area contributed by atoms with E-state index in [1.54, 1.807) is 24.3 Å². The van der Waals surface area contributed by atoms with Gasteiger partial charge in [0, 0.05) is 11.4 Å². The van der Waals surface area contributed by atoms with E-state index in [-0.39, 0.29) is 10.7 Å². The number of para-hydroxylation sites is 2. The average Bonchev–Trinajstić information content (AvgIpc) is 3.23. The van der Waals surface area contributed by atoms with Gasteiger partial charge in [-0.15, -0.1) is 5.10 Å². The fourth-order valence-corrected chi connectivity index (χ4v) is 4.67. The number of aromatic nitrogens is 4. The number of nitrogens with zero attached hydrogens (tertiary/aromatic N) is 4. The predicted molar refractivity (Wildman–Crippen MR) is 122 cm³/mol. The Kier molecular flexibility index (Phi) is 4.72. The molecule has 31 heavy (non-hydrogen) atoms. The van der Waals surface area contributed by atoms with Crippen LogP contribution in [-0.2, 0) is 10.0 Å². The Bertz CT molecular complexity index is 1530. The second kappa shape index (κ2) is 7.56. The minimum Gasteiger partial charge on any atom is -0.355 e. The number of hydrogen-bond donors (Lipinski definition) is 2. The Hall–Kier alpha value is -3.63. The lowest BCUT2D eigenvalue weighted by molar-refractivity contribution is 0.601. The predicted octanol–water partition coefficient (Wildman–Crippen LogP) is 4.49. The minimum absolute atomic E-state index is 0.118. The van der Waals surface area contributed by atoms with Gasteiger partial charge in [0.1, 0.15) is 5.52 Å². The van der Waals surface area contributed by atoms with Crippen LogP contribution in [0.4, 0.5) is 17.2 Å². The van der Waals surface area contributed by atoms with Crippen molar-refractivity contribution in [1.82, 2.24) is 19.6 Å². The lowest BCUT2D eigenvalue weighted by Crippen LogP contribution is -2.14. The summed E-state index contributed by atoms with van der Waals surface area (Å²) in [4.78, 5) is 8.71. The van der Waals surface area contributed by atoms with Gasteiger partial charge in [0.2, 0.25) is 0 Å². The van der Waals surface area contributed by atoms with Gasteiger partial charge in [-0.2, -0.15) is 0 Å². The molecule has 0 aliphatic heterocycles. The molecule has 3 aromatic carbocycles. The molecule has 2 heterocycles. The number of fused-ring (bicyclic) bond motifs is 2. The minimum atomic E-state index is -3.85. The van der Waals surface area contributed by atoms with Crippen LogP contribution in [-0.4, -0.2) is 28.0 Å².